The van der Waals surface area contributed by atoms with Gasteiger partial charge in [-0.2, -0.15) is 4.98 Å². The number of benzene rings is 3. The van der Waals surface area contributed by atoms with Crippen LogP contribution < -0.4 is 20.1 Å². The van der Waals surface area contributed by atoms with Gasteiger partial charge in [0.25, 0.3) is 0 Å². The van der Waals surface area contributed by atoms with E-state index in [9.17, 15) is 4.79 Å². The van der Waals surface area contributed by atoms with Crippen molar-refractivity contribution < 1.29 is 19.0 Å². The number of aryl methyl sites for hydroxylation is 1. The van der Waals surface area contributed by atoms with Crippen LogP contribution in [0, 0.1) is 13.8 Å². The summed E-state index contributed by atoms with van der Waals surface area (Å²) in [5.74, 6) is 1.89. The molecule has 1 amide bonds. The first-order valence-corrected chi connectivity index (χ1v) is 15.3. The molecule has 1 saturated heterocycles. The van der Waals surface area contributed by atoms with Gasteiger partial charge >= 0.3 is 6.09 Å². The smallest absolute Gasteiger partial charge is 0.413 e. The molecule has 1 aliphatic heterocycles. The Hall–Kier alpha value is -4.67. The number of nitrogens with one attached hydrogen (secondary N) is 2. The molecule has 1 fully saturated rings. The molecule has 0 spiro atoms. The molecule has 0 radical (unpaired) electrons. The Morgan fingerprint density at radius 1 is 0.956 bits per heavy atom. The van der Waals surface area contributed by atoms with E-state index in [0.29, 0.717) is 29.9 Å². The van der Waals surface area contributed by atoms with Crippen LogP contribution in [0.15, 0.2) is 72.9 Å². The zero-order valence-electron chi connectivity index (χ0n) is 26.7. The predicted octanol–water partition coefficient (Wildman–Crippen LogP) is 6.45. The molecule has 3 aromatic carbocycles. The van der Waals surface area contributed by atoms with Crippen molar-refractivity contribution in [3.05, 3.63) is 89.6 Å². The van der Waals surface area contributed by atoms with Crippen LogP contribution in [0.2, 0.25) is 0 Å². The van der Waals surface area contributed by atoms with Crippen molar-refractivity contribution in [3.8, 4) is 22.6 Å². The lowest BCUT2D eigenvalue weighted by atomic mass is 9.92. The monoisotopic (exact) mass is 610 g/mol. The molecule has 1 aromatic heterocycles. The van der Waals surface area contributed by atoms with E-state index in [4.69, 9.17) is 14.2 Å². The Morgan fingerprint density at radius 2 is 1.73 bits per heavy atom. The molecule has 5 rings (SSSR count). The van der Waals surface area contributed by atoms with Gasteiger partial charge in [-0.1, -0.05) is 42.5 Å². The summed E-state index contributed by atoms with van der Waals surface area (Å²) >= 11 is 0. The summed E-state index contributed by atoms with van der Waals surface area (Å²) in [7, 11) is 3.76. The van der Waals surface area contributed by atoms with Crippen molar-refractivity contribution >= 4 is 23.5 Å². The van der Waals surface area contributed by atoms with E-state index in [0.717, 1.165) is 55.1 Å². The average Bonchev–Trinajstić information content (AvgIpc) is 3.04. The molecule has 4 aromatic rings. The number of nitrogens with zero attached hydrogens (tertiary/aromatic N) is 4. The summed E-state index contributed by atoms with van der Waals surface area (Å²) in [6, 6.07) is 21.4. The fourth-order valence-corrected chi connectivity index (χ4v) is 5.34. The van der Waals surface area contributed by atoms with Crippen LogP contribution in [0.5, 0.6) is 11.5 Å². The van der Waals surface area contributed by atoms with Gasteiger partial charge in [-0.15, -0.1) is 0 Å². The van der Waals surface area contributed by atoms with Crippen molar-refractivity contribution in [2.75, 3.05) is 64.1 Å². The second-order valence-corrected chi connectivity index (χ2v) is 11.3. The first-order valence-electron chi connectivity index (χ1n) is 15.3. The molecule has 2 N–H and O–H groups in total. The Bertz CT molecular complexity index is 1610. The minimum Gasteiger partial charge on any atom is -0.493 e. The first kappa shape index (κ1) is 31.7. The molecule has 10 nitrogen and oxygen atoms in total. The van der Waals surface area contributed by atoms with Crippen LogP contribution in [0.3, 0.4) is 0 Å². The van der Waals surface area contributed by atoms with E-state index in [-0.39, 0.29) is 0 Å². The summed E-state index contributed by atoms with van der Waals surface area (Å²) in [5.41, 5.74) is 6.20. The Morgan fingerprint density at radius 3 is 2.53 bits per heavy atom. The third-order valence-electron chi connectivity index (χ3n) is 8.14. The van der Waals surface area contributed by atoms with Crippen LogP contribution in [0.1, 0.15) is 29.7 Å². The molecule has 1 aliphatic rings. The topological polar surface area (TPSA) is 101 Å². The van der Waals surface area contributed by atoms with Gasteiger partial charge in [0.15, 0.2) is 11.5 Å². The first-order chi connectivity index (χ1) is 21.8. The number of aromatic nitrogens is 2. The lowest BCUT2D eigenvalue weighted by Crippen LogP contribution is -2.45. The highest BCUT2D eigenvalue weighted by molar-refractivity contribution is 5.84. The lowest BCUT2D eigenvalue weighted by Gasteiger charge is -2.32. The average molecular weight is 611 g/mol. The third-order valence-corrected chi connectivity index (χ3v) is 8.14. The molecule has 10 heteroatoms. The fourth-order valence-electron chi connectivity index (χ4n) is 5.34. The fraction of sp³-hybridized carbons (Fsp3) is 0.343. The number of hydrogen-bond donors (Lipinski definition) is 2. The minimum absolute atomic E-state index is 0.309. The van der Waals surface area contributed by atoms with E-state index in [2.05, 4.69) is 69.5 Å². The second kappa shape index (κ2) is 14.9. The van der Waals surface area contributed by atoms with Gasteiger partial charge in [0.2, 0.25) is 5.95 Å². The number of amides is 1. The van der Waals surface area contributed by atoms with Crippen LogP contribution in [-0.4, -0.2) is 79.3 Å². The Balaban J connectivity index is 1.18. The highest BCUT2D eigenvalue weighted by atomic mass is 16.6. The summed E-state index contributed by atoms with van der Waals surface area (Å²) in [6.07, 6.45) is 0.468. The largest absolute Gasteiger partial charge is 0.493 e. The second-order valence-electron chi connectivity index (χ2n) is 11.3. The standard InChI is InChI=1S/C35H42N6O4/c1-24-9-8-12-28(25(24)2)30-11-7-6-10-29(30)26(3)45-35(42)39-33-15-16-36-34(38-33)37-27-13-14-31(32(23-27)43-5)44-22-21-41-19-17-40(4)18-20-41/h6-16,23,26H,17-22H2,1-5H3,(H2,36,37,38,39,42)/t26-/m1/s1. The number of anilines is 3. The number of likely N-dealkylation sites (N-methyl/N-ethyl adjacent to an activating group) is 1. The summed E-state index contributed by atoms with van der Waals surface area (Å²) in [5, 5.41) is 5.90. The Labute approximate surface area is 265 Å². The molecule has 0 saturated carbocycles. The molecular weight excluding hydrogens is 568 g/mol. The molecule has 0 unspecified atom stereocenters. The SMILES string of the molecule is COc1cc(Nc2nccc(NC(=O)O[C@H](C)c3ccccc3-c3cccc(C)c3C)n2)ccc1OCCN1CCN(C)CC1. The van der Waals surface area contributed by atoms with E-state index in [1.54, 1.807) is 19.4 Å². The predicted molar refractivity (Wildman–Crippen MR) is 178 cm³/mol. The maximum absolute atomic E-state index is 12.9. The van der Waals surface area contributed by atoms with Gasteiger partial charge in [-0.05, 0) is 68.3 Å². The number of carbonyl (C=O) groups is 1. The number of carbonyl (C=O) groups excluding carboxylic acids is 1. The summed E-state index contributed by atoms with van der Waals surface area (Å²) in [4.78, 5) is 26.4. The van der Waals surface area contributed by atoms with Gasteiger partial charge in [-0.25, -0.2) is 9.78 Å². The third kappa shape index (κ3) is 8.29. The number of piperazine rings is 1. The van der Waals surface area contributed by atoms with E-state index in [1.807, 2.05) is 49.4 Å². The minimum atomic E-state index is -0.609. The van der Waals surface area contributed by atoms with Crippen molar-refractivity contribution in [3.63, 3.8) is 0 Å². The van der Waals surface area contributed by atoms with Gasteiger partial charge in [0, 0.05) is 56.2 Å². The number of rotatable bonds is 11. The van der Waals surface area contributed by atoms with Crippen molar-refractivity contribution in [1.82, 2.24) is 19.8 Å². The van der Waals surface area contributed by atoms with Gasteiger partial charge in [0.05, 0.1) is 7.11 Å². The lowest BCUT2D eigenvalue weighted by molar-refractivity contribution is 0.121. The van der Waals surface area contributed by atoms with Gasteiger partial charge < -0.3 is 24.4 Å². The molecule has 0 bridgehead atoms. The Kier molecular flexibility index (Phi) is 10.5. The summed E-state index contributed by atoms with van der Waals surface area (Å²) in [6.45, 7) is 11.8. The summed E-state index contributed by atoms with van der Waals surface area (Å²) < 4.78 is 17.4. The van der Waals surface area contributed by atoms with E-state index in [1.165, 1.54) is 11.1 Å². The van der Waals surface area contributed by atoms with Crippen LogP contribution in [0.25, 0.3) is 11.1 Å². The highest BCUT2D eigenvalue weighted by Gasteiger charge is 2.18. The van der Waals surface area contributed by atoms with Gasteiger partial charge in [-0.3, -0.25) is 10.2 Å². The zero-order valence-corrected chi connectivity index (χ0v) is 26.7. The highest BCUT2D eigenvalue weighted by Crippen LogP contribution is 2.34. The number of hydrogen-bond acceptors (Lipinski definition) is 9. The van der Waals surface area contributed by atoms with Crippen LogP contribution >= 0.6 is 0 Å². The van der Waals surface area contributed by atoms with E-state index >= 15 is 0 Å². The quantitative estimate of drug-likeness (QED) is 0.198. The van der Waals surface area contributed by atoms with Crippen molar-refractivity contribution in [2.24, 2.45) is 0 Å². The molecule has 45 heavy (non-hydrogen) atoms. The van der Waals surface area contributed by atoms with Crippen molar-refractivity contribution in [1.29, 1.82) is 0 Å². The van der Waals surface area contributed by atoms with E-state index < -0.39 is 12.2 Å². The maximum Gasteiger partial charge on any atom is 0.413 e. The molecular formula is C35H42N6O4. The van der Waals surface area contributed by atoms with Crippen LogP contribution in [0.4, 0.5) is 22.2 Å². The van der Waals surface area contributed by atoms with Gasteiger partial charge in [0.1, 0.15) is 18.5 Å². The van der Waals surface area contributed by atoms with Crippen molar-refractivity contribution in [2.45, 2.75) is 26.9 Å². The number of methoxy groups -OCH3 is 1. The molecule has 1 atom stereocenters. The zero-order chi connectivity index (χ0) is 31.8. The molecule has 0 aliphatic carbocycles. The number of ether oxygens (including phenoxy) is 3. The molecule has 2 heterocycles. The maximum atomic E-state index is 12.9. The molecule has 236 valence electrons. The normalized spacial score (nSPS) is 14.4. The van der Waals surface area contributed by atoms with Crippen LogP contribution in [-0.2, 0) is 4.74 Å².